The van der Waals surface area contributed by atoms with Gasteiger partial charge in [0.05, 0.1) is 17.2 Å². The number of pyridine rings is 1. The summed E-state index contributed by atoms with van der Waals surface area (Å²) in [5.41, 5.74) is 3.08. The smallest absolute Gasteiger partial charge is 0.261 e. The van der Waals surface area contributed by atoms with Gasteiger partial charge in [-0.3, -0.25) is 0 Å². The molecule has 2 aliphatic rings. The molecule has 1 saturated heterocycles. The highest BCUT2D eigenvalue weighted by molar-refractivity contribution is 5.88. The predicted molar refractivity (Wildman–Crippen MR) is 131 cm³/mol. The number of nitrogens with zero attached hydrogens (tertiary/aromatic N) is 4. The minimum absolute atomic E-state index is 0.109. The molecule has 0 spiro atoms. The van der Waals surface area contributed by atoms with Crippen LogP contribution in [0.1, 0.15) is 56.8 Å². The Balaban J connectivity index is 1.45. The van der Waals surface area contributed by atoms with E-state index in [0.29, 0.717) is 23.8 Å². The van der Waals surface area contributed by atoms with Crippen LogP contribution < -0.4 is 10.2 Å². The van der Waals surface area contributed by atoms with Gasteiger partial charge in [0.25, 0.3) is 5.89 Å². The van der Waals surface area contributed by atoms with Crippen molar-refractivity contribution in [3.63, 3.8) is 0 Å². The van der Waals surface area contributed by atoms with E-state index < -0.39 is 0 Å². The van der Waals surface area contributed by atoms with Gasteiger partial charge in [0.2, 0.25) is 0 Å². The first kappa shape index (κ1) is 22.3. The van der Waals surface area contributed by atoms with Crippen LogP contribution >= 0.6 is 0 Å². The maximum Gasteiger partial charge on any atom is 0.261 e. The summed E-state index contributed by atoms with van der Waals surface area (Å²) in [5.74, 6) is 2.15. The van der Waals surface area contributed by atoms with E-state index in [1.54, 1.807) is 0 Å². The van der Waals surface area contributed by atoms with Crippen molar-refractivity contribution >= 4 is 16.7 Å². The second-order valence-corrected chi connectivity index (χ2v) is 9.54. The molecule has 2 fully saturated rings. The first-order valence-corrected chi connectivity index (χ1v) is 12.4. The first-order valence-electron chi connectivity index (χ1n) is 12.4. The van der Waals surface area contributed by atoms with Crippen molar-refractivity contribution in [1.29, 1.82) is 0 Å². The number of benzene rings is 1. The fourth-order valence-corrected chi connectivity index (χ4v) is 5.30. The number of ether oxygens (including phenoxy) is 1. The van der Waals surface area contributed by atoms with Crippen LogP contribution in [0.4, 0.5) is 5.82 Å². The molecule has 1 aliphatic heterocycles. The number of aryl methyl sites for hydroxylation is 2. The van der Waals surface area contributed by atoms with Gasteiger partial charge in [0, 0.05) is 44.1 Å². The summed E-state index contributed by atoms with van der Waals surface area (Å²) in [6.07, 6.45) is 8.47. The minimum atomic E-state index is 0.109. The third kappa shape index (κ3) is 4.75. The molecular formula is C26H35N5O2. The van der Waals surface area contributed by atoms with Crippen LogP contribution in [0.3, 0.4) is 0 Å². The van der Waals surface area contributed by atoms with Gasteiger partial charge in [-0.05, 0) is 44.4 Å². The van der Waals surface area contributed by atoms with Crippen LogP contribution in [-0.2, 0) is 11.2 Å². The van der Waals surface area contributed by atoms with Crippen LogP contribution in [0.5, 0.6) is 0 Å². The molecular weight excluding hydrogens is 414 g/mol. The summed E-state index contributed by atoms with van der Waals surface area (Å²) in [6, 6.07) is 9.50. The number of fused-ring (bicyclic) bond motifs is 1. The van der Waals surface area contributed by atoms with Gasteiger partial charge in [-0.25, -0.2) is 4.98 Å². The molecule has 3 aromatic rings. The largest absolute Gasteiger partial charge is 0.378 e. The molecule has 0 amide bonds. The lowest BCUT2D eigenvalue weighted by molar-refractivity contribution is 0.0534. The molecule has 2 unspecified atom stereocenters. The third-order valence-electron chi connectivity index (χ3n) is 7.18. The zero-order valence-electron chi connectivity index (χ0n) is 20.0. The summed E-state index contributed by atoms with van der Waals surface area (Å²) in [6.45, 7) is 5.83. The Morgan fingerprint density at radius 2 is 1.97 bits per heavy atom. The number of rotatable bonds is 6. The lowest BCUT2D eigenvalue weighted by atomic mass is 9.92. The summed E-state index contributed by atoms with van der Waals surface area (Å²) >= 11 is 0. The Morgan fingerprint density at radius 3 is 2.73 bits per heavy atom. The zero-order chi connectivity index (χ0) is 22.8. The maximum absolute atomic E-state index is 5.98. The van der Waals surface area contributed by atoms with Gasteiger partial charge in [-0.1, -0.05) is 43.0 Å². The molecule has 3 heterocycles. The molecule has 7 heteroatoms. The number of hydrogen-bond acceptors (Lipinski definition) is 7. The molecule has 1 aromatic carbocycles. The fourth-order valence-electron chi connectivity index (χ4n) is 5.30. The topological polar surface area (TPSA) is 76.3 Å². The average molecular weight is 450 g/mol. The lowest BCUT2D eigenvalue weighted by Gasteiger charge is -2.41. The molecule has 5 rings (SSSR count). The molecule has 1 saturated carbocycles. The molecule has 0 bridgehead atoms. The van der Waals surface area contributed by atoms with Crippen LogP contribution in [0, 0.1) is 6.92 Å². The van der Waals surface area contributed by atoms with Crippen molar-refractivity contribution in [2.24, 2.45) is 0 Å². The molecule has 176 valence electrons. The van der Waals surface area contributed by atoms with E-state index in [0.717, 1.165) is 48.2 Å². The van der Waals surface area contributed by atoms with E-state index >= 15 is 0 Å². The molecule has 7 nitrogen and oxygen atoms in total. The van der Waals surface area contributed by atoms with E-state index in [9.17, 15) is 0 Å². The fraction of sp³-hybridized carbons (Fsp3) is 0.577. The number of methoxy groups -OCH3 is 1. The number of aromatic nitrogens is 3. The van der Waals surface area contributed by atoms with Crippen molar-refractivity contribution in [1.82, 2.24) is 20.4 Å². The Morgan fingerprint density at radius 1 is 1.12 bits per heavy atom. The van der Waals surface area contributed by atoms with E-state index in [1.807, 2.05) is 14.0 Å². The average Bonchev–Trinajstić information content (AvgIpc) is 3.33. The summed E-state index contributed by atoms with van der Waals surface area (Å²) < 4.78 is 11.6. The van der Waals surface area contributed by atoms with Gasteiger partial charge in [-0.15, -0.1) is 0 Å². The van der Waals surface area contributed by atoms with Gasteiger partial charge >= 0.3 is 0 Å². The maximum atomic E-state index is 5.98. The van der Waals surface area contributed by atoms with E-state index in [-0.39, 0.29) is 6.10 Å². The Kier molecular flexibility index (Phi) is 6.60. The SMILES string of the molecule is CCc1noc(-c2cc3cc(C)ccc3nc2N2CCC(NC3CCCCC3)C(OC)C2)n1. The second kappa shape index (κ2) is 9.77. The molecule has 1 N–H and O–H groups in total. The lowest BCUT2D eigenvalue weighted by Crippen LogP contribution is -2.56. The monoisotopic (exact) mass is 449 g/mol. The highest BCUT2D eigenvalue weighted by Crippen LogP contribution is 2.34. The van der Waals surface area contributed by atoms with Crippen LogP contribution in [0.2, 0.25) is 0 Å². The zero-order valence-corrected chi connectivity index (χ0v) is 20.0. The summed E-state index contributed by atoms with van der Waals surface area (Å²) in [7, 11) is 1.83. The van der Waals surface area contributed by atoms with Crippen LogP contribution in [-0.4, -0.2) is 53.5 Å². The molecule has 2 atom stereocenters. The summed E-state index contributed by atoms with van der Waals surface area (Å²) in [4.78, 5) is 12.0. The Hall–Kier alpha value is -2.51. The van der Waals surface area contributed by atoms with Crippen molar-refractivity contribution in [3.05, 3.63) is 35.7 Å². The predicted octanol–water partition coefficient (Wildman–Crippen LogP) is 4.67. The van der Waals surface area contributed by atoms with Crippen molar-refractivity contribution < 1.29 is 9.26 Å². The Labute approximate surface area is 195 Å². The Bertz CT molecular complexity index is 1090. The van der Waals surface area contributed by atoms with E-state index in [1.165, 1.54) is 37.7 Å². The van der Waals surface area contributed by atoms with Crippen molar-refractivity contribution in [2.75, 3.05) is 25.1 Å². The normalized spacial score (nSPS) is 22.2. The van der Waals surface area contributed by atoms with Gasteiger partial charge in [0.1, 0.15) is 5.82 Å². The summed E-state index contributed by atoms with van der Waals surface area (Å²) in [5, 5.41) is 9.13. The minimum Gasteiger partial charge on any atom is -0.378 e. The number of hydrogen-bond donors (Lipinski definition) is 1. The molecule has 2 aromatic heterocycles. The van der Waals surface area contributed by atoms with E-state index in [4.69, 9.17) is 14.2 Å². The highest BCUT2D eigenvalue weighted by Gasteiger charge is 2.33. The molecule has 1 aliphatic carbocycles. The van der Waals surface area contributed by atoms with Gasteiger partial charge in [0.15, 0.2) is 5.82 Å². The number of anilines is 1. The van der Waals surface area contributed by atoms with Gasteiger partial charge in [-0.2, -0.15) is 4.98 Å². The van der Waals surface area contributed by atoms with E-state index in [2.05, 4.69) is 51.5 Å². The standard InChI is InChI=1S/C26H35N5O2/c1-4-24-29-26(33-30-24)20-15-18-14-17(2)10-11-21(18)28-25(20)31-13-12-22(23(16-31)32-3)27-19-8-6-5-7-9-19/h10-11,14-15,19,22-23,27H,4-9,12-13,16H2,1-3H3. The highest BCUT2D eigenvalue weighted by atomic mass is 16.5. The number of piperidine rings is 1. The van der Waals surface area contributed by atoms with Crippen molar-refractivity contribution in [2.45, 2.75) is 77.0 Å². The molecule has 0 radical (unpaired) electrons. The van der Waals surface area contributed by atoms with Crippen LogP contribution in [0.15, 0.2) is 28.8 Å². The quantitative estimate of drug-likeness (QED) is 0.586. The second-order valence-electron chi connectivity index (χ2n) is 9.54. The number of nitrogens with one attached hydrogen (secondary N) is 1. The third-order valence-corrected chi connectivity index (χ3v) is 7.18. The first-order chi connectivity index (χ1) is 16.1. The molecule has 33 heavy (non-hydrogen) atoms. The van der Waals surface area contributed by atoms with Gasteiger partial charge < -0.3 is 19.5 Å². The van der Waals surface area contributed by atoms with Crippen molar-refractivity contribution in [3.8, 4) is 11.5 Å². The van der Waals surface area contributed by atoms with Crippen LogP contribution in [0.25, 0.3) is 22.4 Å².